The molecule has 0 amide bonds. The van der Waals surface area contributed by atoms with E-state index in [1.54, 1.807) is 0 Å². The van der Waals surface area contributed by atoms with E-state index in [1.807, 2.05) is 11.3 Å². The molecular formula is C57H39NS. The highest BCUT2D eigenvalue weighted by molar-refractivity contribution is 7.25. The van der Waals surface area contributed by atoms with Gasteiger partial charge in [-0.2, -0.15) is 0 Å². The molecule has 1 nitrogen and oxygen atoms in total. The molecular weight excluding hydrogens is 731 g/mol. The Morgan fingerprint density at radius 1 is 0.339 bits per heavy atom. The van der Waals surface area contributed by atoms with E-state index in [1.165, 1.54) is 85.6 Å². The second-order valence-electron chi connectivity index (χ2n) is 15.2. The molecule has 1 aliphatic rings. The molecule has 9 aromatic carbocycles. The lowest BCUT2D eigenvalue weighted by molar-refractivity contribution is 1.28. The predicted molar refractivity (Wildman–Crippen MR) is 252 cm³/mol. The van der Waals surface area contributed by atoms with Crippen LogP contribution < -0.4 is 15.3 Å². The molecule has 0 spiro atoms. The fraction of sp³-hybridized carbons (Fsp3) is 0.0175. The third-order valence-corrected chi connectivity index (χ3v) is 12.9. The number of benzene rings is 9. The number of hydrogen-bond donors (Lipinski definition) is 0. The molecule has 0 saturated heterocycles. The summed E-state index contributed by atoms with van der Waals surface area (Å²) in [6.45, 7) is 0. The van der Waals surface area contributed by atoms with Gasteiger partial charge in [0.15, 0.2) is 0 Å². The van der Waals surface area contributed by atoms with E-state index in [0.717, 1.165) is 23.5 Å². The fourth-order valence-corrected chi connectivity index (χ4v) is 9.97. The number of hydrogen-bond acceptors (Lipinski definition) is 2. The van der Waals surface area contributed by atoms with Crippen LogP contribution in [0.2, 0.25) is 0 Å². The zero-order valence-corrected chi connectivity index (χ0v) is 33.2. The van der Waals surface area contributed by atoms with E-state index in [9.17, 15) is 0 Å². The molecule has 0 aliphatic heterocycles. The summed E-state index contributed by atoms with van der Waals surface area (Å²) in [5.41, 5.74) is 13.2. The Morgan fingerprint density at radius 2 is 0.831 bits per heavy atom. The van der Waals surface area contributed by atoms with Crippen molar-refractivity contribution in [3.63, 3.8) is 0 Å². The summed E-state index contributed by atoms with van der Waals surface area (Å²) < 4.78 is 2.62. The molecule has 59 heavy (non-hydrogen) atoms. The van der Waals surface area contributed by atoms with Crippen LogP contribution in [0.15, 0.2) is 218 Å². The summed E-state index contributed by atoms with van der Waals surface area (Å²) in [7, 11) is 0. The number of anilines is 3. The van der Waals surface area contributed by atoms with E-state index in [2.05, 4.69) is 229 Å². The molecule has 1 aliphatic carbocycles. The van der Waals surface area contributed by atoms with Gasteiger partial charge in [0, 0.05) is 37.2 Å². The molecule has 2 heteroatoms. The quantitative estimate of drug-likeness (QED) is 0.156. The number of thiophene rings is 1. The first-order valence-corrected chi connectivity index (χ1v) is 21.1. The molecule has 278 valence electrons. The van der Waals surface area contributed by atoms with Crippen molar-refractivity contribution in [3.8, 4) is 33.4 Å². The largest absolute Gasteiger partial charge is 0.311 e. The standard InChI is InChI=1S/C57H39NS/c1-3-13-39(14-4-1)40-23-30-45(31-24-40)58(46-32-25-43(26-33-46)49-36-29-42-17-7-8-18-48(42)50-19-9-10-20-51(49)50)47-34-27-44(28-35-47)54-38-57-55(52-21-11-12-22-56(52)59-57)37-53(54)41-15-5-2-6-16-41/h1-35,37-38H,36H2. The SMILES string of the molecule is C1=c2ccccc2=c2ccccc2=C(c2ccc(N(c3ccc(-c4ccccc4)cc3)c3ccc(-c4cc5sc6ccccc6c5cc4-c4ccccc4)cc3)cc2)C1. The Balaban J connectivity index is 1.02. The maximum Gasteiger partial charge on any atom is 0.0462 e. The van der Waals surface area contributed by atoms with Crippen molar-refractivity contribution in [1.82, 2.24) is 0 Å². The predicted octanol–water partition coefficient (Wildman–Crippen LogP) is 14.2. The Labute approximate surface area is 348 Å². The van der Waals surface area contributed by atoms with Crippen LogP contribution in [-0.4, -0.2) is 0 Å². The Bertz CT molecular complexity index is 3370. The van der Waals surface area contributed by atoms with Crippen molar-refractivity contribution in [2.75, 3.05) is 4.90 Å². The summed E-state index contributed by atoms with van der Waals surface area (Å²) in [4.78, 5) is 2.38. The molecule has 1 aromatic heterocycles. The van der Waals surface area contributed by atoms with Crippen LogP contribution >= 0.6 is 11.3 Å². The second kappa shape index (κ2) is 14.9. The fourth-order valence-electron chi connectivity index (χ4n) is 8.85. The van der Waals surface area contributed by atoms with Gasteiger partial charge in [-0.05, 0) is 126 Å². The number of fused-ring (bicyclic) bond motifs is 5. The molecule has 1 heterocycles. The van der Waals surface area contributed by atoms with Crippen LogP contribution in [0, 0.1) is 10.4 Å². The van der Waals surface area contributed by atoms with E-state index in [0.29, 0.717) is 0 Å². The van der Waals surface area contributed by atoms with Gasteiger partial charge in [-0.15, -0.1) is 11.3 Å². The van der Waals surface area contributed by atoms with Gasteiger partial charge in [-0.1, -0.05) is 170 Å². The maximum absolute atomic E-state index is 2.40. The number of rotatable bonds is 7. The highest BCUT2D eigenvalue weighted by Crippen LogP contribution is 2.43. The van der Waals surface area contributed by atoms with E-state index in [4.69, 9.17) is 0 Å². The zero-order valence-electron chi connectivity index (χ0n) is 32.4. The van der Waals surface area contributed by atoms with Crippen LogP contribution in [0.5, 0.6) is 0 Å². The minimum Gasteiger partial charge on any atom is -0.311 e. The summed E-state index contributed by atoms with van der Waals surface area (Å²) in [6.07, 6.45) is 3.25. The smallest absolute Gasteiger partial charge is 0.0462 e. The van der Waals surface area contributed by atoms with Gasteiger partial charge in [-0.25, -0.2) is 0 Å². The minimum absolute atomic E-state index is 0.873. The summed E-state index contributed by atoms with van der Waals surface area (Å²) in [6, 6.07) is 79.8. The van der Waals surface area contributed by atoms with Crippen molar-refractivity contribution in [2.24, 2.45) is 0 Å². The summed E-state index contributed by atoms with van der Waals surface area (Å²) in [5.74, 6) is 0. The topological polar surface area (TPSA) is 3.24 Å². The van der Waals surface area contributed by atoms with Crippen LogP contribution in [0.1, 0.15) is 12.0 Å². The lowest BCUT2D eigenvalue weighted by Crippen LogP contribution is -2.11. The van der Waals surface area contributed by atoms with Crippen molar-refractivity contribution in [2.45, 2.75) is 6.42 Å². The molecule has 0 radical (unpaired) electrons. The minimum atomic E-state index is 0.873. The van der Waals surface area contributed by atoms with E-state index in [-0.39, 0.29) is 0 Å². The van der Waals surface area contributed by atoms with Gasteiger partial charge in [0.2, 0.25) is 0 Å². The Kier molecular flexibility index (Phi) is 8.83. The van der Waals surface area contributed by atoms with Crippen LogP contribution in [0.3, 0.4) is 0 Å². The van der Waals surface area contributed by atoms with Crippen LogP contribution in [-0.2, 0) is 0 Å². The highest BCUT2D eigenvalue weighted by Gasteiger charge is 2.17. The van der Waals surface area contributed by atoms with Crippen molar-refractivity contribution in [1.29, 1.82) is 0 Å². The average Bonchev–Trinajstić information content (AvgIpc) is 3.59. The first-order valence-electron chi connectivity index (χ1n) is 20.3. The molecule has 11 rings (SSSR count). The highest BCUT2D eigenvalue weighted by atomic mass is 32.1. The average molecular weight is 770 g/mol. The third kappa shape index (κ3) is 6.45. The van der Waals surface area contributed by atoms with Gasteiger partial charge in [0.1, 0.15) is 0 Å². The van der Waals surface area contributed by atoms with Gasteiger partial charge in [0.25, 0.3) is 0 Å². The normalized spacial score (nSPS) is 12.1. The van der Waals surface area contributed by atoms with Gasteiger partial charge in [0.05, 0.1) is 0 Å². The summed E-state index contributed by atoms with van der Waals surface area (Å²) in [5, 5.41) is 7.80. The maximum atomic E-state index is 2.40. The lowest BCUT2D eigenvalue weighted by atomic mass is 9.92. The van der Waals surface area contributed by atoms with Crippen LogP contribution in [0.25, 0.3) is 65.2 Å². The van der Waals surface area contributed by atoms with Crippen molar-refractivity contribution < 1.29 is 0 Å². The molecule has 0 unspecified atom stereocenters. The monoisotopic (exact) mass is 769 g/mol. The van der Waals surface area contributed by atoms with Gasteiger partial charge >= 0.3 is 0 Å². The third-order valence-electron chi connectivity index (χ3n) is 11.8. The van der Waals surface area contributed by atoms with Gasteiger partial charge < -0.3 is 4.90 Å². The number of nitrogens with zero attached hydrogens (tertiary/aromatic N) is 1. The Hall–Kier alpha value is -7.26. The molecule has 0 saturated carbocycles. The molecule has 0 N–H and O–H groups in total. The molecule has 0 atom stereocenters. The molecule has 0 bridgehead atoms. The first-order chi connectivity index (χ1) is 29.2. The zero-order chi connectivity index (χ0) is 39.1. The van der Waals surface area contributed by atoms with Gasteiger partial charge in [-0.3, -0.25) is 0 Å². The second-order valence-corrected chi connectivity index (χ2v) is 16.3. The Morgan fingerprint density at radius 3 is 1.53 bits per heavy atom. The first kappa shape index (κ1) is 34.9. The van der Waals surface area contributed by atoms with E-state index < -0.39 is 0 Å². The molecule has 0 fully saturated rings. The summed E-state index contributed by atoms with van der Waals surface area (Å²) >= 11 is 1.87. The lowest BCUT2D eigenvalue weighted by Gasteiger charge is -2.26. The van der Waals surface area contributed by atoms with Crippen molar-refractivity contribution >= 4 is 60.2 Å². The van der Waals surface area contributed by atoms with E-state index >= 15 is 0 Å². The molecule has 10 aromatic rings. The van der Waals surface area contributed by atoms with Crippen molar-refractivity contribution in [3.05, 3.63) is 245 Å². The van der Waals surface area contributed by atoms with Crippen LogP contribution in [0.4, 0.5) is 17.1 Å².